The minimum Gasteiger partial charge on any atom is -0.313 e. The Balaban J connectivity index is 1.94. The summed E-state index contributed by atoms with van der Waals surface area (Å²) in [6.07, 6.45) is 4.56. The first-order chi connectivity index (χ1) is 9.08. The molecular formula is C13H20N4OS. The highest BCUT2D eigenvalue weighted by atomic mass is 32.2. The Labute approximate surface area is 115 Å². The van der Waals surface area contributed by atoms with Gasteiger partial charge in [0.25, 0.3) is 0 Å². The van der Waals surface area contributed by atoms with E-state index in [0.29, 0.717) is 0 Å². The Hall–Kier alpha value is -1.27. The largest absolute Gasteiger partial charge is 0.313 e. The van der Waals surface area contributed by atoms with Gasteiger partial charge in [0.15, 0.2) is 5.65 Å². The quantitative estimate of drug-likeness (QED) is 0.806. The summed E-state index contributed by atoms with van der Waals surface area (Å²) in [5.74, 6) is 0.756. The summed E-state index contributed by atoms with van der Waals surface area (Å²) in [7, 11) is 1.21. The molecule has 0 amide bonds. The Morgan fingerprint density at radius 1 is 1.47 bits per heavy atom. The molecule has 1 N–H and O–H groups in total. The molecule has 2 aromatic heterocycles. The van der Waals surface area contributed by atoms with Gasteiger partial charge in [-0.15, -0.1) is 0 Å². The molecule has 1 unspecified atom stereocenters. The summed E-state index contributed by atoms with van der Waals surface area (Å²) >= 11 is 0. The fourth-order valence-corrected chi connectivity index (χ4v) is 2.63. The molecule has 0 saturated carbocycles. The molecule has 0 spiro atoms. The molecule has 1 atom stereocenters. The summed E-state index contributed by atoms with van der Waals surface area (Å²) in [6, 6.07) is 2.13. The molecule has 0 aromatic carbocycles. The zero-order chi connectivity index (χ0) is 13.8. The van der Waals surface area contributed by atoms with Gasteiger partial charge >= 0.3 is 0 Å². The molecule has 0 fully saturated rings. The minimum atomic E-state index is -0.696. The van der Waals surface area contributed by atoms with Crippen LogP contribution in [0.1, 0.15) is 17.7 Å². The molecular weight excluding hydrogens is 260 g/mol. The number of hydrogen-bond acceptors (Lipinski definition) is 4. The van der Waals surface area contributed by atoms with Crippen LogP contribution >= 0.6 is 0 Å². The highest BCUT2D eigenvalue weighted by Gasteiger charge is 2.06. The van der Waals surface area contributed by atoms with Crippen molar-refractivity contribution in [1.29, 1.82) is 0 Å². The van der Waals surface area contributed by atoms with Crippen LogP contribution in [0.25, 0.3) is 11.0 Å². The Morgan fingerprint density at radius 3 is 3.00 bits per heavy atom. The number of fused-ring (bicyclic) bond motifs is 1. The van der Waals surface area contributed by atoms with E-state index in [1.807, 2.05) is 20.2 Å². The van der Waals surface area contributed by atoms with Gasteiger partial charge in [-0.2, -0.15) is 5.10 Å². The summed E-state index contributed by atoms with van der Waals surface area (Å²) in [5, 5.41) is 8.81. The molecule has 6 heteroatoms. The van der Waals surface area contributed by atoms with E-state index in [4.69, 9.17) is 0 Å². The van der Waals surface area contributed by atoms with Crippen molar-refractivity contribution < 1.29 is 4.21 Å². The molecule has 19 heavy (non-hydrogen) atoms. The van der Waals surface area contributed by atoms with Gasteiger partial charge in [-0.3, -0.25) is 8.89 Å². The standard InChI is InChI=1S/C13H20N4OS/c1-10-12-7-11(8-14-5-4-6-19(3)18)9-15-13(12)17(2)16-10/h7,9,14H,4-6,8H2,1-3H3. The van der Waals surface area contributed by atoms with Gasteiger partial charge in [0, 0.05) is 48.0 Å². The maximum Gasteiger partial charge on any atom is 0.157 e. The number of aromatic nitrogens is 3. The van der Waals surface area contributed by atoms with Crippen molar-refractivity contribution in [2.24, 2.45) is 7.05 Å². The lowest BCUT2D eigenvalue weighted by Gasteiger charge is -2.04. The fraction of sp³-hybridized carbons (Fsp3) is 0.538. The zero-order valence-electron chi connectivity index (χ0n) is 11.6. The maximum atomic E-state index is 10.9. The van der Waals surface area contributed by atoms with E-state index in [1.54, 1.807) is 10.9 Å². The summed E-state index contributed by atoms with van der Waals surface area (Å²) < 4.78 is 12.7. The van der Waals surface area contributed by atoms with Crippen molar-refractivity contribution in [1.82, 2.24) is 20.1 Å². The predicted molar refractivity (Wildman–Crippen MR) is 78.5 cm³/mol. The van der Waals surface area contributed by atoms with Crippen LogP contribution in [0, 0.1) is 6.92 Å². The topological polar surface area (TPSA) is 59.8 Å². The van der Waals surface area contributed by atoms with Crippen molar-refractivity contribution in [3.63, 3.8) is 0 Å². The maximum absolute atomic E-state index is 10.9. The van der Waals surface area contributed by atoms with E-state index in [2.05, 4.69) is 21.5 Å². The number of rotatable bonds is 6. The van der Waals surface area contributed by atoms with Gasteiger partial charge in [0.1, 0.15) is 0 Å². The summed E-state index contributed by atoms with van der Waals surface area (Å²) in [6.45, 7) is 3.66. The molecule has 0 saturated heterocycles. The highest BCUT2D eigenvalue weighted by Crippen LogP contribution is 2.16. The van der Waals surface area contributed by atoms with Crippen LogP contribution in [0.2, 0.25) is 0 Å². The van der Waals surface area contributed by atoms with E-state index in [0.717, 1.165) is 47.6 Å². The van der Waals surface area contributed by atoms with Crippen molar-refractivity contribution in [3.05, 3.63) is 23.5 Å². The number of nitrogens with zero attached hydrogens (tertiary/aromatic N) is 3. The summed E-state index contributed by atoms with van der Waals surface area (Å²) in [5.41, 5.74) is 3.08. The van der Waals surface area contributed by atoms with E-state index in [9.17, 15) is 4.21 Å². The average Bonchev–Trinajstić information content (AvgIpc) is 2.64. The second-order valence-electron chi connectivity index (χ2n) is 4.73. The number of pyridine rings is 1. The second kappa shape index (κ2) is 6.25. The molecule has 0 bridgehead atoms. The molecule has 104 valence electrons. The third-order valence-corrected chi connectivity index (χ3v) is 3.90. The van der Waals surface area contributed by atoms with Crippen molar-refractivity contribution in [2.45, 2.75) is 19.9 Å². The molecule has 0 aliphatic heterocycles. The monoisotopic (exact) mass is 280 g/mol. The van der Waals surface area contributed by atoms with Gasteiger partial charge in [-0.25, -0.2) is 4.98 Å². The SMILES string of the molecule is Cc1nn(C)c2ncc(CNCCCS(C)=O)cc12. The van der Waals surface area contributed by atoms with Crippen LogP contribution < -0.4 is 5.32 Å². The van der Waals surface area contributed by atoms with Gasteiger partial charge < -0.3 is 5.32 Å². The molecule has 2 rings (SSSR count). The lowest BCUT2D eigenvalue weighted by Crippen LogP contribution is -2.16. The predicted octanol–water partition coefficient (Wildman–Crippen LogP) is 1.13. The number of hydrogen-bond donors (Lipinski definition) is 1. The molecule has 2 heterocycles. The Kier molecular flexibility index (Phi) is 4.66. The van der Waals surface area contributed by atoms with Crippen LogP contribution in [0.3, 0.4) is 0 Å². The average molecular weight is 280 g/mol. The minimum absolute atomic E-state index is 0.696. The van der Waals surface area contributed by atoms with Crippen molar-refractivity contribution in [3.8, 4) is 0 Å². The normalized spacial score (nSPS) is 13.0. The van der Waals surface area contributed by atoms with Crippen LogP contribution in [-0.2, 0) is 24.4 Å². The third-order valence-electron chi connectivity index (χ3n) is 3.03. The van der Waals surface area contributed by atoms with Gasteiger partial charge in [-0.05, 0) is 31.5 Å². The zero-order valence-corrected chi connectivity index (χ0v) is 12.5. The van der Waals surface area contributed by atoms with Crippen LogP contribution in [0.15, 0.2) is 12.3 Å². The Morgan fingerprint density at radius 2 is 2.26 bits per heavy atom. The highest BCUT2D eigenvalue weighted by molar-refractivity contribution is 7.84. The van der Waals surface area contributed by atoms with E-state index in [1.165, 1.54) is 0 Å². The van der Waals surface area contributed by atoms with E-state index in [-0.39, 0.29) is 0 Å². The lowest BCUT2D eigenvalue weighted by molar-refractivity contribution is 0.661. The van der Waals surface area contributed by atoms with Crippen LogP contribution in [0.5, 0.6) is 0 Å². The summed E-state index contributed by atoms with van der Waals surface area (Å²) in [4.78, 5) is 4.44. The first-order valence-electron chi connectivity index (χ1n) is 6.37. The first kappa shape index (κ1) is 14.1. The molecule has 0 aliphatic carbocycles. The third kappa shape index (κ3) is 3.61. The van der Waals surface area contributed by atoms with Crippen molar-refractivity contribution in [2.75, 3.05) is 18.6 Å². The van der Waals surface area contributed by atoms with Crippen LogP contribution in [-0.4, -0.2) is 37.5 Å². The first-order valence-corrected chi connectivity index (χ1v) is 8.09. The molecule has 0 aliphatic rings. The smallest absolute Gasteiger partial charge is 0.157 e. The Bertz CT molecular complexity index is 594. The van der Waals surface area contributed by atoms with E-state index < -0.39 is 10.8 Å². The lowest BCUT2D eigenvalue weighted by atomic mass is 10.2. The van der Waals surface area contributed by atoms with Crippen LogP contribution in [0.4, 0.5) is 0 Å². The molecule has 2 aromatic rings. The van der Waals surface area contributed by atoms with Gasteiger partial charge in [0.2, 0.25) is 0 Å². The molecule has 0 radical (unpaired) electrons. The van der Waals surface area contributed by atoms with E-state index >= 15 is 0 Å². The van der Waals surface area contributed by atoms with Gasteiger partial charge in [-0.1, -0.05) is 0 Å². The number of aryl methyl sites for hydroxylation is 2. The number of nitrogens with one attached hydrogen (secondary N) is 1. The van der Waals surface area contributed by atoms with Crippen molar-refractivity contribution >= 4 is 21.8 Å². The molecule has 5 nitrogen and oxygen atoms in total. The van der Waals surface area contributed by atoms with Gasteiger partial charge in [0.05, 0.1) is 5.69 Å². The second-order valence-corrected chi connectivity index (χ2v) is 6.29. The fourth-order valence-electron chi connectivity index (χ4n) is 2.08.